The molecule has 0 saturated carbocycles. The first-order chi connectivity index (χ1) is 14.2. The van der Waals surface area contributed by atoms with Crippen molar-refractivity contribution in [1.29, 1.82) is 0 Å². The number of carbonyl (C=O) groups excluding carboxylic acids is 1. The van der Waals surface area contributed by atoms with Gasteiger partial charge in [-0.2, -0.15) is 0 Å². The number of halogens is 1. The summed E-state index contributed by atoms with van der Waals surface area (Å²) in [5, 5.41) is 2.96. The van der Waals surface area contributed by atoms with Crippen LogP contribution >= 0.6 is 0 Å². The molecule has 1 aliphatic heterocycles. The second-order valence-electron chi connectivity index (χ2n) is 6.80. The molecule has 8 heteroatoms. The first-order valence-electron chi connectivity index (χ1n) is 9.50. The number of nitrogens with one attached hydrogen (secondary N) is 1. The minimum absolute atomic E-state index is 0.143. The van der Waals surface area contributed by atoms with Crippen LogP contribution in [0.5, 0.6) is 0 Å². The monoisotopic (exact) mass is 395 g/mol. The molecule has 1 atom stereocenters. The smallest absolute Gasteiger partial charge is 0.270 e. The Morgan fingerprint density at radius 3 is 2.83 bits per heavy atom. The van der Waals surface area contributed by atoms with E-state index in [0.717, 1.165) is 24.3 Å². The Bertz CT molecular complexity index is 957. The quantitative estimate of drug-likeness (QED) is 0.693. The Morgan fingerprint density at radius 2 is 2.07 bits per heavy atom. The normalized spacial score (nSPS) is 15.8. The molecule has 1 unspecified atom stereocenters. The van der Waals surface area contributed by atoms with E-state index < -0.39 is 0 Å². The average Bonchev–Trinajstić information content (AvgIpc) is 3.30. The van der Waals surface area contributed by atoms with Crippen molar-refractivity contribution < 1.29 is 13.9 Å². The molecule has 7 nitrogen and oxygen atoms in total. The van der Waals surface area contributed by atoms with Crippen molar-refractivity contribution >= 4 is 5.91 Å². The maximum absolute atomic E-state index is 13.8. The van der Waals surface area contributed by atoms with Crippen molar-refractivity contribution in [2.75, 3.05) is 32.8 Å². The fourth-order valence-corrected chi connectivity index (χ4v) is 3.46. The van der Waals surface area contributed by atoms with Crippen LogP contribution in [0, 0.1) is 5.82 Å². The van der Waals surface area contributed by atoms with Crippen LogP contribution in [0.2, 0.25) is 0 Å². The molecule has 4 rings (SSSR count). The van der Waals surface area contributed by atoms with E-state index in [0.29, 0.717) is 25.5 Å². The van der Waals surface area contributed by atoms with Crippen molar-refractivity contribution in [1.82, 2.24) is 24.8 Å². The fourth-order valence-electron chi connectivity index (χ4n) is 3.46. The lowest BCUT2D eigenvalue weighted by atomic mass is 10.0. The van der Waals surface area contributed by atoms with Crippen LogP contribution in [-0.2, 0) is 4.74 Å². The van der Waals surface area contributed by atoms with E-state index in [9.17, 15) is 9.18 Å². The zero-order chi connectivity index (χ0) is 20.1. The topological polar surface area (TPSA) is 72.3 Å². The molecule has 1 saturated heterocycles. The molecule has 29 heavy (non-hydrogen) atoms. The van der Waals surface area contributed by atoms with Gasteiger partial charge in [-0.1, -0.05) is 12.1 Å². The number of imidazole rings is 1. The van der Waals surface area contributed by atoms with E-state index in [2.05, 4.69) is 20.2 Å². The fraction of sp³-hybridized carbons (Fsp3) is 0.286. The van der Waals surface area contributed by atoms with E-state index in [1.165, 1.54) is 12.1 Å². The summed E-state index contributed by atoms with van der Waals surface area (Å²) in [7, 11) is 0. The van der Waals surface area contributed by atoms with Gasteiger partial charge in [-0.15, -0.1) is 0 Å². The molecular weight excluding hydrogens is 373 g/mol. The summed E-state index contributed by atoms with van der Waals surface area (Å²) in [4.78, 5) is 23.1. The van der Waals surface area contributed by atoms with Crippen LogP contribution in [0.15, 0.2) is 61.3 Å². The van der Waals surface area contributed by atoms with Gasteiger partial charge in [0.2, 0.25) is 0 Å². The number of carbonyl (C=O) groups is 1. The second-order valence-corrected chi connectivity index (χ2v) is 6.80. The number of ether oxygens (including phenoxy) is 1. The van der Waals surface area contributed by atoms with Crippen LogP contribution in [-0.4, -0.2) is 58.2 Å². The molecule has 1 N–H and O–H groups in total. The lowest BCUT2D eigenvalue weighted by Gasteiger charge is -2.34. The van der Waals surface area contributed by atoms with E-state index in [4.69, 9.17) is 4.74 Å². The van der Waals surface area contributed by atoms with E-state index in [1.807, 2.05) is 16.7 Å². The number of nitrogens with zero attached hydrogens (tertiary/aromatic N) is 4. The van der Waals surface area contributed by atoms with Gasteiger partial charge < -0.3 is 14.6 Å². The second kappa shape index (κ2) is 8.93. The molecule has 0 radical (unpaired) electrons. The average molecular weight is 395 g/mol. The van der Waals surface area contributed by atoms with Crippen LogP contribution in [0.4, 0.5) is 4.39 Å². The molecule has 0 aliphatic carbocycles. The number of benzene rings is 1. The van der Waals surface area contributed by atoms with Gasteiger partial charge in [0.25, 0.3) is 5.91 Å². The zero-order valence-corrected chi connectivity index (χ0v) is 15.9. The number of hydrogen-bond donors (Lipinski definition) is 1. The summed E-state index contributed by atoms with van der Waals surface area (Å²) in [6, 6.07) is 9.89. The third kappa shape index (κ3) is 4.67. The van der Waals surface area contributed by atoms with Crippen molar-refractivity contribution in [3.8, 4) is 5.69 Å². The first-order valence-corrected chi connectivity index (χ1v) is 9.50. The van der Waals surface area contributed by atoms with Crippen LogP contribution in [0.3, 0.4) is 0 Å². The molecule has 0 spiro atoms. The molecule has 1 aromatic carbocycles. The number of morpholine rings is 1. The van der Waals surface area contributed by atoms with Crippen molar-refractivity contribution in [3.63, 3.8) is 0 Å². The lowest BCUT2D eigenvalue weighted by Crippen LogP contribution is -2.44. The van der Waals surface area contributed by atoms with Gasteiger partial charge >= 0.3 is 0 Å². The third-order valence-electron chi connectivity index (χ3n) is 4.95. The maximum Gasteiger partial charge on any atom is 0.270 e. The highest BCUT2D eigenvalue weighted by Gasteiger charge is 2.24. The largest absolute Gasteiger partial charge is 0.379 e. The highest BCUT2D eigenvalue weighted by Crippen LogP contribution is 2.22. The van der Waals surface area contributed by atoms with Gasteiger partial charge in [-0.3, -0.25) is 14.7 Å². The first kappa shape index (κ1) is 19.2. The minimum Gasteiger partial charge on any atom is -0.379 e. The maximum atomic E-state index is 13.8. The molecule has 1 amide bonds. The number of hydrogen-bond acceptors (Lipinski definition) is 5. The zero-order valence-electron chi connectivity index (χ0n) is 15.9. The van der Waals surface area contributed by atoms with Crippen LogP contribution < -0.4 is 5.32 Å². The number of pyridine rings is 1. The molecule has 0 bridgehead atoms. The Kier molecular flexibility index (Phi) is 5.92. The number of aromatic nitrogens is 3. The summed E-state index contributed by atoms with van der Waals surface area (Å²) in [6.45, 7) is 3.04. The van der Waals surface area contributed by atoms with Gasteiger partial charge in [-0.05, 0) is 29.8 Å². The summed E-state index contributed by atoms with van der Waals surface area (Å²) in [5.74, 6) is -0.566. The van der Waals surface area contributed by atoms with E-state index in [1.54, 1.807) is 37.1 Å². The SMILES string of the molecule is O=C(NCC(c1cccc(F)c1)N1CCOCC1)c1cc(-n2ccnc2)ccn1. The molecule has 2 aromatic heterocycles. The molecule has 1 aliphatic rings. The number of rotatable bonds is 6. The highest BCUT2D eigenvalue weighted by atomic mass is 19.1. The van der Waals surface area contributed by atoms with E-state index in [-0.39, 0.29) is 17.8 Å². The van der Waals surface area contributed by atoms with Gasteiger partial charge in [0.1, 0.15) is 11.5 Å². The summed E-state index contributed by atoms with van der Waals surface area (Å²) in [5.41, 5.74) is 1.95. The molecular formula is C21H22FN5O2. The summed E-state index contributed by atoms with van der Waals surface area (Å²) < 4.78 is 21.0. The van der Waals surface area contributed by atoms with Crippen molar-refractivity contribution in [2.24, 2.45) is 0 Å². The Labute approximate surface area is 168 Å². The van der Waals surface area contributed by atoms with Gasteiger partial charge in [0, 0.05) is 38.2 Å². The van der Waals surface area contributed by atoms with Gasteiger partial charge in [0.15, 0.2) is 0 Å². The highest BCUT2D eigenvalue weighted by molar-refractivity contribution is 5.92. The van der Waals surface area contributed by atoms with Crippen molar-refractivity contribution in [3.05, 3.63) is 78.4 Å². The molecule has 150 valence electrons. The van der Waals surface area contributed by atoms with Crippen LogP contribution in [0.25, 0.3) is 5.69 Å². The van der Waals surface area contributed by atoms with Crippen molar-refractivity contribution in [2.45, 2.75) is 6.04 Å². The van der Waals surface area contributed by atoms with Gasteiger partial charge in [0.05, 0.1) is 31.3 Å². The predicted molar refractivity (Wildman–Crippen MR) is 105 cm³/mol. The lowest BCUT2D eigenvalue weighted by molar-refractivity contribution is 0.0161. The third-order valence-corrected chi connectivity index (χ3v) is 4.95. The standard InChI is InChI=1S/C21H22FN5O2/c22-17-3-1-2-16(12-17)20(26-8-10-29-11-9-26)14-25-21(28)19-13-18(4-5-24-19)27-7-6-23-15-27/h1-7,12-13,15,20H,8-11,14H2,(H,25,28). The van der Waals surface area contributed by atoms with Crippen LogP contribution in [0.1, 0.15) is 22.1 Å². The van der Waals surface area contributed by atoms with E-state index >= 15 is 0 Å². The molecule has 1 fully saturated rings. The Morgan fingerprint density at radius 1 is 1.21 bits per heavy atom. The summed E-state index contributed by atoms with van der Waals surface area (Å²) >= 11 is 0. The Hall–Kier alpha value is -3.10. The van der Waals surface area contributed by atoms with Gasteiger partial charge in [-0.25, -0.2) is 9.37 Å². The minimum atomic E-state index is -0.290. The predicted octanol–water partition coefficient (Wildman–Crippen LogP) is 2.21. The molecule has 3 heterocycles. The number of amides is 1. The Balaban J connectivity index is 1.49. The summed E-state index contributed by atoms with van der Waals surface area (Å²) in [6.07, 6.45) is 6.73. The molecule has 3 aromatic rings.